The molecule has 1 nitrogen and oxygen atoms in total. The van der Waals surface area contributed by atoms with Gasteiger partial charge in [-0.25, -0.2) is 0 Å². The normalized spacial score (nSPS) is 17.0. The molecule has 14 rings (SSSR count). The van der Waals surface area contributed by atoms with Crippen LogP contribution in [0.4, 0.5) is 0 Å². The SMILES string of the molecule is c1ccc(-c2ccc(-c3ccc4c(c3)C3(c5ccccc5)c5ccccc5C4(c4cccc(-n5c6ccccc6c6ccccc65)c4)c4ccc(-c5ccccc5)cc43)cc2)cc1. The van der Waals surface area contributed by atoms with Crippen molar-refractivity contribution in [2.75, 3.05) is 0 Å². The van der Waals surface area contributed by atoms with Crippen molar-refractivity contribution in [1.29, 1.82) is 0 Å². The van der Waals surface area contributed by atoms with E-state index in [1.165, 1.54) is 99.7 Å². The number of rotatable bonds is 6. The van der Waals surface area contributed by atoms with Gasteiger partial charge in [-0.3, -0.25) is 0 Å². The van der Waals surface area contributed by atoms with Crippen molar-refractivity contribution >= 4 is 21.8 Å². The van der Waals surface area contributed by atoms with E-state index in [0.29, 0.717) is 0 Å². The van der Waals surface area contributed by atoms with Crippen LogP contribution in [0.3, 0.4) is 0 Å². The zero-order valence-electron chi connectivity index (χ0n) is 34.6. The van der Waals surface area contributed by atoms with Crippen molar-refractivity contribution in [1.82, 2.24) is 4.57 Å². The Morgan fingerprint density at radius 1 is 0.238 bits per heavy atom. The van der Waals surface area contributed by atoms with Crippen molar-refractivity contribution in [2.24, 2.45) is 0 Å². The molecule has 1 heterocycles. The van der Waals surface area contributed by atoms with Crippen LogP contribution in [-0.2, 0) is 10.8 Å². The number of nitrogens with zero attached hydrogens (tertiary/aromatic N) is 1. The van der Waals surface area contributed by atoms with Gasteiger partial charge in [0.25, 0.3) is 0 Å². The highest BCUT2D eigenvalue weighted by Crippen LogP contribution is 2.67. The largest absolute Gasteiger partial charge is 0.309 e. The van der Waals surface area contributed by atoms with Crippen molar-refractivity contribution in [2.45, 2.75) is 10.8 Å². The van der Waals surface area contributed by atoms with Gasteiger partial charge >= 0.3 is 0 Å². The number of aromatic nitrogens is 1. The van der Waals surface area contributed by atoms with Gasteiger partial charge in [0, 0.05) is 16.5 Å². The van der Waals surface area contributed by atoms with Gasteiger partial charge in [-0.15, -0.1) is 0 Å². The summed E-state index contributed by atoms with van der Waals surface area (Å²) in [4.78, 5) is 0. The summed E-state index contributed by atoms with van der Waals surface area (Å²) in [6.07, 6.45) is 0. The Bertz CT molecular complexity index is 3490. The minimum atomic E-state index is -0.614. The molecule has 0 spiro atoms. The van der Waals surface area contributed by atoms with Gasteiger partial charge in [0.15, 0.2) is 0 Å². The van der Waals surface area contributed by atoms with E-state index in [9.17, 15) is 0 Å². The molecule has 0 fully saturated rings. The van der Waals surface area contributed by atoms with Crippen molar-refractivity contribution in [3.8, 4) is 39.1 Å². The van der Waals surface area contributed by atoms with E-state index >= 15 is 0 Å². The van der Waals surface area contributed by atoms with Gasteiger partial charge < -0.3 is 4.57 Å². The fourth-order valence-corrected chi connectivity index (χ4v) is 11.5. The van der Waals surface area contributed by atoms with E-state index < -0.39 is 10.8 Å². The third-order valence-electron chi connectivity index (χ3n) is 14.1. The second-order valence-electron chi connectivity index (χ2n) is 17.2. The molecule has 3 aliphatic rings. The molecule has 2 unspecified atom stereocenters. The van der Waals surface area contributed by atoms with Crippen molar-refractivity contribution < 1.29 is 0 Å². The molecule has 2 atom stereocenters. The molecule has 11 aromatic rings. The highest BCUT2D eigenvalue weighted by molar-refractivity contribution is 6.09. The maximum atomic E-state index is 2.53. The van der Waals surface area contributed by atoms with Gasteiger partial charge in [0.1, 0.15) is 0 Å². The maximum Gasteiger partial charge on any atom is 0.0712 e. The number of hydrogen-bond donors (Lipinski definition) is 0. The first-order valence-electron chi connectivity index (χ1n) is 22.0. The molecule has 0 aliphatic heterocycles. The van der Waals surface area contributed by atoms with Crippen LogP contribution in [0.1, 0.15) is 44.5 Å². The zero-order valence-corrected chi connectivity index (χ0v) is 34.6. The quantitative estimate of drug-likeness (QED) is 0.158. The van der Waals surface area contributed by atoms with E-state index in [-0.39, 0.29) is 0 Å². The first kappa shape index (κ1) is 35.7. The molecule has 0 saturated carbocycles. The molecule has 0 saturated heterocycles. The number of benzene rings is 10. The highest BCUT2D eigenvalue weighted by atomic mass is 15.0. The standard InChI is InChI=1S/C62H41N/c1-4-17-42(18-5-1)44-31-33-45(34-32-44)47-36-38-56-58(40-47)61(48-21-8-3-9-22-48)53-27-12-13-28-54(53)62(56,55-37-35-46(39-57(55)61)43-19-6-2-7-20-43)49-23-16-24-50(41-49)63-59-29-14-10-25-51(59)52-26-11-15-30-60(52)63/h1-41H. The molecular formula is C62H41N. The summed E-state index contributed by atoms with van der Waals surface area (Å²) in [5, 5.41) is 2.52. The van der Waals surface area contributed by atoms with Gasteiger partial charge in [-0.2, -0.15) is 0 Å². The Morgan fingerprint density at radius 2 is 0.619 bits per heavy atom. The molecule has 1 aromatic heterocycles. The number of hydrogen-bond acceptors (Lipinski definition) is 0. The van der Waals surface area contributed by atoms with Gasteiger partial charge in [-0.05, 0) is 114 Å². The molecule has 2 bridgehead atoms. The Labute approximate surface area is 367 Å². The summed E-state index contributed by atoms with van der Waals surface area (Å²) in [5.74, 6) is 0. The lowest BCUT2D eigenvalue weighted by atomic mass is 9.44. The molecule has 0 N–H and O–H groups in total. The molecule has 3 aliphatic carbocycles. The van der Waals surface area contributed by atoms with Crippen LogP contribution in [0.15, 0.2) is 249 Å². The van der Waals surface area contributed by atoms with Crippen molar-refractivity contribution in [3.05, 3.63) is 293 Å². The third-order valence-corrected chi connectivity index (χ3v) is 14.1. The van der Waals surface area contributed by atoms with Gasteiger partial charge in [0.05, 0.1) is 21.9 Å². The minimum Gasteiger partial charge on any atom is -0.309 e. The van der Waals surface area contributed by atoms with Crippen LogP contribution in [0.25, 0.3) is 60.9 Å². The first-order valence-corrected chi connectivity index (χ1v) is 22.0. The van der Waals surface area contributed by atoms with Crippen LogP contribution >= 0.6 is 0 Å². The fraction of sp³-hybridized carbons (Fsp3) is 0.0323. The highest BCUT2D eigenvalue weighted by Gasteiger charge is 2.60. The van der Waals surface area contributed by atoms with Crippen LogP contribution < -0.4 is 0 Å². The lowest BCUT2D eigenvalue weighted by Crippen LogP contribution is -2.52. The second kappa shape index (κ2) is 13.8. The Hall–Kier alpha value is -8.00. The molecule has 10 aromatic carbocycles. The fourth-order valence-electron chi connectivity index (χ4n) is 11.5. The second-order valence-corrected chi connectivity index (χ2v) is 17.2. The van der Waals surface area contributed by atoms with Crippen molar-refractivity contribution in [3.63, 3.8) is 0 Å². The van der Waals surface area contributed by atoms with Crippen LogP contribution in [0.5, 0.6) is 0 Å². The smallest absolute Gasteiger partial charge is 0.0712 e. The Morgan fingerprint density at radius 3 is 1.17 bits per heavy atom. The van der Waals surface area contributed by atoms with E-state index in [1.807, 2.05) is 0 Å². The van der Waals surface area contributed by atoms with E-state index in [2.05, 4.69) is 253 Å². The summed E-state index contributed by atoms with van der Waals surface area (Å²) in [5.41, 5.74) is 20.2. The average Bonchev–Trinajstić information content (AvgIpc) is 3.71. The van der Waals surface area contributed by atoms with Gasteiger partial charge in [0.2, 0.25) is 0 Å². The average molecular weight is 800 g/mol. The summed E-state index contributed by atoms with van der Waals surface area (Å²) in [6.45, 7) is 0. The molecule has 0 amide bonds. The van der Waals surface area contributed by atoms with E-state index in [4.69, 9.17) is 0 Å². The number of para-hydroxylation sites is 2. The lowest BCUT2D eigenvalue weighted by molar-refractivity contribution is 0.557. The molecule has 63 heavy (non-hydrogen) atoms. The monoisotopic (exact) mass is 799 g/mol. The summed E-state index contributed by atoms with van der Waals surface area (Å²) in [7, 11) is 0. The topological polar surface area (TPSA) is 4.93 Å². The lowest BCUT2D eigenvalue weighted by Gasteiger charge is -2.57. The van der Waals surface area contributed by atoms with Crippen LogP contribution in [-0.4, -0.2) is 4.57 Å². The summed E-state index contributed by atoms with van der Waals surface area (Å²) < 4.78 is 2.46. The van der Waals surface area contributed by atoms with Crippen LogP contribution in [0, 0.1) is 0 Å². The summed E-state index contributed by atoms with van der Waals surface area (Å²) >= 11 is 0. The summed E-state index contributed by atoms with van der Waals surface area (Å²) in [6, 6.07) is 93.0. The third kappa shape index (κ3) is 4.99. The van der Waals surface area contributed by atoms with E-state index in [1.54, 1.807) is 0 Å². The predicted octanol–water partition coefficient (Wildman–Crippen LogP) is 15.2. The zero-order chi connectivity index (χ0) is 41.5. The van der Waals surface area contributed by atoms with Gasteiger partial charge in [-0.1, -0.05) is 212 Å². The Kier molecular flexibility index (Phi) is 7.80. The molecular weight excluding hydrogens is 759 g/mol. The van der Waals surface area contributed by atoms with Crippen LogP contribution in [0.2, 0.25) is 0 Å². The predicted molar refractivity (Wildman–Crippen MR) is 261 cm³/mol. The molecule has 0 radical (unpaired) electrons. The molecule has 1 heteroatoms. The maximum absolute atomic E-state index is 2.53. The Balaban J connectivity index is 1.13. The molecule has 294 valence electrons. The number of fused-ring (bicyclic) bond motifs is 3. The first-order chi connectivity index (χ1) is 31.2. The van der Waals surface area contributed by atoms with E-state index in [0.717, 1.165) is 5.69 Å². The minimum absolute atomic E-state index is 0.584.